The first-order valence-electron chi connectivity index (χ1n) is 4.30. The Balaban J connectivity index is 3.95. The van der Waals surface area contributed by atoms with Crippen molar-refractivity contribution >= 4 is 17.8 Å². The lowest BCUT2D eigenvalue weighted by Gasteiger charge is -2.11. The van der Waals surface area contributed by atoms with E-state index >= 15 is 0 Å². The minimum Gasteiger partial charge on any atom is -0.474 e. The van der Waals surface area contributed by atoms with Crippen LogP contribution in [0.15, 0.2) is 0 Å². The molecule has 1 atom stereocenters. The fourth-order valence-electron chi connectivity index (χ4n) is 0.725. The topological polar surface area (TPSA) is 95.5 Å². The maximum atomic E-state index is 11.1. The second kappa shape index (κ2) is 5.95. The summed E-state index contributed by atoms with van der Waals surface area (Å²) in [5.41, 5.74) is 0. The fourth-order valence-corrected chi connectivity index (χ4v) is 0.725. The summed E-state index contributed by atoms with van der Waals surface area (Å²) in [5.74, 6) is -3.16. The molecule has 0 radical (unpaired) electrons. The van der Waals surface area contributed by atoms with Gasteiger partial charge < -0.3 is 15.7 Å². The molecule has 0 bridgehead atoms. The summed E-state index contributed by atoms with van der Waals surface area (Å²) in [6, 6.07) is -0.829. The molecule has 0 saturated heterocycles. The quantitative estimate of drug-likeness (QED) is 0.515. The smallest absolute Gasteiger partial charge is 0.394 e. The zero-order valence-electron chi connectivity index (χ0n) is 8.16. The highest BCUT2D eigenvalue weighted by Crippen LogP contribution is 1.83. The van der Waals surface area contributed by atoms with Crippen LogP contribution in [0.5, 0.6) is 0 Å². The number of rotatable bonds is 4. The summed E-state index contributed by atoms with van der Waals surface area (Å²) < 4.78 is 0. The number of aliphatic carboxylic acids is 1. The number of carboxylic acids is 1. The molecular weight excluding hydrogens is 188 g/mol. The number of carboxylic acid groups (broad SMARTS) is 1. The first kappa shape index (κ1) is 12.4. The lowest BCUT2D eigenvalue weighted by molar-refractivity contribution is -0.150. The Morgan fingerprint density at radius 3 is 2.36 bits per heavy atom. The van der Waals surface area contributed by atoms with Gasteiger partial charge in [0.2, 0.25) is 5.91 Å². The van der Waals surface area contributed by atoms with Crippen molar-refractivity contribution in [2.24, 2.45) is 0 Å². The van der Waals surface area contributed by atoms with Gasteiger partial charge in [-0.15, -0.1) is 0 Å². The minimum absolute atomic E-state index is 0.388. The van der Waals surface area contributed by atoms with Gasteiger partial charge in [0.05, 0.1) is 0 Å². The molecule has 14 heavy (non-hydrogen) atoms. The summed E-state index contributed by atoms with van der Waals surface area (Å²) >= 11 is 0. The van der Waals surface area contributed by atoms with E-state index in [4.69, 9.17) is 5.11 Å². The standard InChI is InChI=1S/C8H14N2O4/c1-3-4-9-6(11)5(2)10-7(12)8(13)14/h5H,3-4H2,1-2H3,(H,9,11)(H,10,12)(H,13,14). The van der Waals surface area contributed by atoms with Gasteiger partial charge in [0.15, 0.2) is 0 Å². The number of carbonyl (C=O) groups excluding carboxylic acids is 2. The Morgan fingerprint density at radius 1 is 1.36 bits per heavy atom. The van der Waals surface area contributed by atoms with Gasteiger partial charge in [0.25, 0.3) is 0 Å². The molecule has 1 unspecified atom stereocenters. The van der Waals surface area contributed by atoms with Crippen LogP contribution >= 0.6 is 0 Å². The lowest BCUT2D eigenvalue weighted by Crippen LogP contribution is -2.47. The Morgan fingerprint density at radius 2 is 1.93 bits per heavy atom. The largest absolute Gasteiger partial charge is 0.474 e. The summed E-state index contributed by atoms with van der Waals surface area (Å²) in [7, 11) is 0. The number of hydrogen-bond acceptors (Lipinski definition) is 3. The predicted molar refractivity (Wildman–Crippen MR) is 48.5 cm³/mol. The normalized spacial score (nSPS) is 11.6. The van der Waals surface area contributed by atoms with Crippen molar-refractivity contribution in [3.63, 3.8) is 0 Å². The van der Waals surface area contributed by atoms with Crippen LogP contribution in [0, 0.1) is 0 Å². The zero-order chi connectivity index (χ0) is 11.1. The third-order valence-electron chi connectivity index (χ3n) is 1.48. The van der Waals surface area contributed by atoms with Crippen LogP contribution in [0.25, 0.3) is 0 Å². The van der Waals surface area contributed by atoms with E-state index in [0.29, 0.717) is 6.54 Å². The highest BCUT2D eigenvalue weighted by Gasteiger charge is 2.18. The molecule has 0 spiro atoms. The molecule has 3 N–H and O–H groups in total. The van der Waals surface area contributed by atoms with Crippen LogP contribution in [0.2, 0.25) is 0 Å². The van der Waals surface area contributed by atoms with Crippen LogP contribution in [0.4, 0.5) is 0 Å². The summed E-state index contributed by atoms with van der Waals surface area (Å²) in [6.07, 6.45) is 0.783. The average Bonchev–Trinajstić information content (AvgIpc) is 2.13. The second-order valence-electron chi connectivity index (χ2n) is 2.79. The van der Waals surface area contributed by atoms with Gasteiger partial charge in [-0.3, -0.25) is 9.59 Å². The summed E-state index contributed by atoms with van der Waals surface area (Å²) in [6.45, 7) is 3.82. The van der Waals surface area contributed by atoms with Gasteiger partial charge in [-0.05, 0) is 13.3 Å². The predicted octanol–water partition coefficient (Wildman–Crippen LogP) is -0.898. The second-order valence-corrected chi connectivity index (χ2v) is 2.79. The first-order chi connectivity index (χ1) is 6.49. The van der Waals surface area contributed by atoms with Crippen molar-refractivity contribution in [1.29, 1.82) is 0 Å². The van der Waals surface area contributed by atoms with E-state index in [1.54, 1.807) is 0 Å². The van der Waals surface area contributed by atoms with E-state index in [1.807, 2.05) is 12.2 Å². The van der Waals surface area contributed by atoms with Gasteiger partial charge in [-0.1, -0.05) is 6.92 Å². The first-order valence-corrected chi connectivity index (χ1v) is 4.30. The molecule has 0 aliphatic carbocycles. The molecular formula is C8H14N2O4. The fraction of sp³-hybridized carbons (Fsp3) is 0.625. The highest BCUT2D eigenvalue weighted by molar-refractivity contribution is 6.31. The molecule has 0 rings (SSSR count). The zero-order valence-corrected chi connectivity index (χ0v) is 8.16. The molecule has 6 nitrogen and oxygen atoms in total. The van der Waals surface area contributed by atoms with E-state index in [1.165, 1.54) is 6.92 Å². The molecule has 0 saturated carbocycles. The van der Waals surface area contributed by atoms with Crippen molar-refractivity contribution in [2.45, 2.75) is 26.3 Å². The monoisotopic (exact) mass is 202 g/mol. The molecule has 0 aromatic carbocycles. The van der Waals surface area contributed by atoms with Gasteiger partial charge in [0, 0.05) is 6.54 Å². The number of carbonyl (C=O) groups is 3. The van der Waals surface area contributed by atoms with Crippen molar-refractivity contribution in [3.8, 4) is 0 Å². The van der Waals surface area contributed by atoms with E-state index in [9.17, 15) is 14.4 Å². The Bertz CT molecular complexity index is 239. The maximum absolute atomic E-state index is 11.1. The third-order valence-corrected chi connectivity index (χ3v) is 1.48. The minimum atomic E-state index is -1.60. The van der Waals surface area contributed by atoms with Crippen LogP contribution in [0.3, 0.4) is 0 Å². The van der Waals surface area contributed by atoms with Crippen molar-refractivity contribution in [1.82, 2.24) is 10.6 Å². The number of nitrogens with one attached hydrogen (secondary N) is 2. The van der Waals surface area contributed by atoms with Crippen molar-refractivity contribution in [2.75, 3.05) is 6.54 Å². The van der Waals surface area contributed by atoms with Gasteiger partial charge in [0.1, 0.15) is 6.04 Å². The van der Waals surface area contributed by atoms with Crippen LogP contribution in [-0.4, -0.2) is 35.5 Å². The molecule has 0 heterocycles. The van der Waals surface area contributed by atoms with E-state index < -0.39 is 17.9 Å². The molecule has 0 aromatic heterocycles. The Kier molecular flexibility index (Phi) is 5.28. The van der Waals surface area contributed by atoms with Crippen molar-refractivity contribution < 1.29 is 19.5 Å². The lowest BCUT2D eigenvalue weighted by atomic mass is 10.3. The molecule has 0 aliphatic heterocycles. The molecule has 6 heteroatoms. The van der Waals surface area contributed by atoms with Crippen LogP contribution < -0.4 is 10.6 Å². The molecule has 0 fully saturated rings. The van der Waals surface area contributed by atoms with E-state index in [0.717, 1.165) is 6.42 Å². The Hall–Kier alpha value is -1.59. The van der Waals surface area contributed by atoms with Crippen LogP contribution in [0.1, 0.15) is 20.3 Å². The molecule has 2 amide bonds. The number of hydrogen-bond donors (Lipinski definition) is 3. The number of amides is 2. The van der Waals surface area contributed by atoms with Crippen LogP contribution in [-0.2, 0) is 14.4 Å². The van der Waals surface area contributed by atoms with Gasteiger partial charge >= 0.3 is 11.9 Å². The van der Waals surface area contributed by atoms with E-state index in [2.05, 4.69) is 5.32 Å². The molecule has 0 aliphatic rings. The van der Waals surface area contributed by atoms with Crippen molar-refractivity contribution in [3.05, 3.63) is 0 Å². The summed E-state index contributed by atoms with van der Waals surface area (Å²) in [4.78, 5) is 31.9. The summed E-state index contributed by atoms with van der Waals surface area (Å²) in [5, 5.41) is 12.8. The highest BCUT2D eigenvalue weighted by atomic mass is 16.4. The van der Waals surface area contributed by atoms with Gasteiger partial charge in [-0.2, -0.15) is 0 Å². The van der Waals surface area contributed by atoms with Gasteiger partial charge in [-0.25, -0.2) is 4.79 Å². The molecule has 0 aromatic rings. The third kappa shape index (κ3) is 4.44. The average molecular weight is 202 g/mol. The molecule has 80 valence electrons. The maximum Gasteiger partial charge on any atom is 0.394 e. The Labute approximate surface area is 81.7 Å². The van der Waals surface area contributed by atoms with E-state index in [-0.39, 0.29) is 5.91 Å². The SMILES string of the molecule is CCCNC(=O)C(C)NC(=O)C(=O)O.